The second-order valence-corrected chi connectivity index (χ2v) is 5.58. The van der Waals surface area contributed by atoms with Gasteiger partial charge in [0.2, 0.25) is 0 Å². The molecule has 0 fully saturated rings. The molecular formula is C20H32O3. The van der Waals surface area contributed by atoms with E-state index in [2.05, 4.69) is 13.0 Å². The number of aliphatic carboxylic acids is 1. The van der Waals surface area contributed by atoms with Crippen molar-refractivity contribution >= 4 is 5.97 Å². The summed E-state index contributed by atoms with van der Waals surface area (Å²) in [5.74, 6) is -0.738. The van der Waals surface area contributed by atoms with Crippen LogP contribution in [0.15, 0.2) is 48.6 Å². The highest BCUT2D eigenvalue weighted by Gasteiger charge is 1.93. The van der Waals surface area contributed by atoms with Gasteiger partial charge in [0, 0.05) is 6.42 Å². The van der Waals surface area contributed by atoms with E-state index in [-0.39, 0.29) is 6.42 Å². The lowest BCUT2D eigenvalue weighted by molar-refractivity contribution is -0.137. The minimum absolute atomic E-state index is 0.230. The van der Waals surface area contributed by atoms with Crippen LogP contribution in [0.3, 0.4) is 0 Å². The molecule has 0 aromatic heterocycles. The Morgan fingerprint density at radius 2 is 1.70 bits per heavy atom. The first-order chi connectivity index (χ1) is 11.2. The maximum absolute atomic E-state index is 10.3. The van der Waals surface area contributed by atoms with E-state index in [1.54, 1.807) is 6.08 Å². The number of carboxylic acids is 1. The van der Waals surface area contributed by atoms with Crippen LogP contribution < -0.4 is 0 Å². The van der Waals surface area contributed by atoms with E-state index in [9.17, 15) is 9.90 Å². The molecular weight excluding hydrogens is 288 g/mol. The highest BCUT2D eigenvalue weighted by atomic mass is 16.4. The Bertz CT molecular complexity index is 392. The summed E-state index contributed by atoms with van der Waals surface area (Å²) in [6.45, 7) is 2.20. The van der Waals surface area contributed by atoms with Crippen molar-refractivity contribution in [3.8, 4) is 0 Å². The fourth-order valence-corrected chi connectivity index (χ4v) is 1.96. The van der Waals surface area contributed by atoms with Crippen LogP contribution >= 0.6 is 0 Å². The Hall–Kier alpha value is -1.61. The second kappa shape index (κ2) is 16.8. The van der Waals surface area contributed by atoms with Crippen molar-refractivity contribution in [3.63, 3.8) is 0 Å². The molecule has 0 unspecified atom stereocenters. The maximum Gasteiger partial charge on any atom is 0.303 e. The fraction of sp³-hybridized carbons (Fsp3) is 0.550. The summed E-state index contributed by atoms with van der Waals surface area (Å²) in [6, 6.07) is 0. The van der Waals surface area contributed by atoms with Gasteiger partial charge in [-0.3, -0.25) is 4.79 Å². The molecule has 1 atom stereocenters. The molecule has 0 aliphatic heterocycles. The minimum Gasteiger partial charge on any atom is -0.481 e. The predicted molar refractivity (Wildman–Crippen MR) is 97.4 cm³/mol. The molecule has 0 aromatic rings. The minimum atomic E-state index is -0.738. The molecule has 0 amide bonds. The molecule has 0 spiro atoms. The summed E-state index contributed by atoms with van der Waals surface area (Å²) in [4.78, 5) is 10.3. The average molecular weight is 320 g/mol. The number of aliphatic hydroxyl groups excluding tert-OH is 1. The van der Waals surface area contributed by atoms with Crippen LogP contribution in [-0.4, -0.2) is 22.3 Å². The number of unbranched alkanes of at least 4 members (excludes halogenated alkanes) is 4. The summed E-state index contributed by atoms with van der Waals surface area (Å²) in [5.41, 5.74) is 0. The molecule has 0 radical (unpaired) electrons. The lowest BCUT2D eigenvalue weighted by Crippen LogP contribution is -1.98. The van der Waals surface area contributed by atoms with E-state index in [0.29, 0.717) is 12.8 Å². The third-order valence-electron chi connectivity index (χ3n) is 3.30. The van der Waals surface area contributed by atoms with Crippen LogP contribution in [0.5, 0.6) is 0 Å². The first kappa shape index (κ1) is 21.4. The standard InChI is InChI=1S/C20H32O3/c1-2-3-4-5-10-13-16-19(21)17-14-11-8-6-7-9-12-15-18-20(22)23/h7-11,13-14,17,19,21H,2-6,12,15-16,18H2,1H3,(H,22,23)/b9-7+,11-8-,13-10+,17-14+/t19-/m1/s1. The van der Waals surface area contributed by atoms with Gasteiger partial charge in [-0.2, -0.15) is 0 Å². The Morgan fingerprint density at radius 3 is 2.43 bits per heavy atom. The first-order valence-corrected chi connectivity index (χ1v) is 8.70. The number of allylic oxidation sites excluding steroid dienone is 6. The van der Waals surface area contributed by atoms with Gasteiger partial charge in [-0.05, 0) is 38.5 Å². The number of rotatable bonds is 14. The molecule has 2 N–H and O–H groups in total. The largest absolute Gasteiger partial charge is 0.481 e. The molecule has 3 heteroatoms. The molecule has 0 aromatic carbocycles. The Kier molecular flexibility index (Phi) is 15.6. The van der Waals surface area contributed by atoms with Crippen LogP contribution in [0, 0.1) is 0 Å². The predicted octanol–water partition coefficient (Wildman–Crippen LogP) is 5.19. The second-order valence-electron chi connectivity index (χ2n) is 5.58. The summed E-state index contributed by atoms with van der Waals surface area (Å²) in [7, 11) is 0. The first-order valence-electron chi connectivity index (χ1n) is 8.70. The molecule has 0 aliphatic carbocycles. The molecule has 0 saturated heterocycles. The smallest absolute Gasteiger partial charge is 0.303 e. The summed E-state index contributed by atoms with van der Waals surface area (Å²) < 4.78 is 0. The maximum atomic E-state index is 10.3. The summed E-state index contributed by atoms with van der Waals surface area (Å²) in [5, 5.41) is 18.3. The quantitative estimate of drug-likeness (QED) is 0.263. The third kappa shape index (κ3) is 18.3. The van der Waals surface area contributed by atoms with Gasteiger partial charge in [-0.1, -0.05) is 68.4 Å². The highest BCUT2D eigenvalue weighted by molar-refractivity contribution is 5.66. The van der Waals surface area contributed by atoms with Crippen molar-refractivity contribution in [2.24, 2.45) is 0 Å². The summed E-state index contributed by atoms with van der Waals surface area (Å²) >= 11 is 0. The van der Waals surface area contributed by atoms with Gasteiger partial charge >= 0.3 is 5.97 Å². The van der Waals surface area contributed by atoms with Crippen molar-refractivity contribution in [2.75, 3.05) is 0 Å². The third-order valence-corrected chi connectivity index (χ3v) is 3.30. The van der Waals surface area contributed by atoms with Gasteiger partial charge in [-0.25, -0.2) is 0 Å². The molecule has 23 heavy (non-hydrogen) atoms. The SMILES string of the molecule is CCCCC/C=C/C[C@@H](O)/C=C/C=C\C/C=C/CCCC(=O)O. The molecule has 0 bridgehead atoms. The zero-order chi connectivity index (χ0) is 17.2. The van der Waals surface area contributed by atoms with Crippen molar-refractivity contribution in [3.05, 3.63) is 48.6 Å². The zero-order valence-electron chi connectivity index (χ0n) is 14.4. The summed E-state index contributed by atoms with van der Waals surface area (Å²) in [6.07, 6.45) is 23.5. The zero-order valence-corrected chi connectivity index (χ0v) is 14.4. The number of hydrogen-bond donors (Lipinski definition) is 2. The molecule has 0 aliphatic rings. The van der Waals surface area contributed by atoms with E-state index in [1.165, 1.54) is 19.3 Å². The number of aliphatic hydroxyl groups is 1. The van der Waals surface area contributed by atoms with Crippen LogP contribution in [0.2, 0.25) is 0 Å². The van der Waals surface area contributed by atoms with E-state index >= 15 is 0 Å². The molecule has 0 rings (SSSR count). The van der Waals surface area contributed by atoms with Crippen LogP contribution in [0.25, 0.3) is 0 Å². The van der Waals surface area contributed by atoms with Gasteiger partial charge in [-0.15, -0.1) is 0 Å². The lowest BCUT2D eigenvalue weighted by atomic mass is 10.1. The van der Waals surface area contributed by atoms with Gasteiger partial charge in [0.25, 0.3) is 0 Å². The number of carbonyl (C=O) groups is 1. The van der Waals surface area contributed by atoms with Gasteiger partial charge in [0.15, 0.2) is 0 Å². The van der Waals surface area contributed by atoms with Crippen molar-refractivity contribution < 1.29 is 15.0 Å². The van der Waals surface area contributed by atoms with Crippen molar-refractivity contribution in [2.45, 2.75) is 70.8 Å². The Labute approximate surface area is 141 Å². The Morgan fingerprint density at radius 1 is 0.957 bits per heavy atom. The monoisotopic (exact) mass is 320 g/mol. The highest BCUT2D eigenvalue weighted by Crippen LogP contribution is 2.02. The van der Waals surface area contributed by atoms with Crippen molar-refractivity contribution in [1.82, 2.24) is 0 Å². The number of carboxylic acid groups (broad SMARTS) is 1. The van der Waals surface area contributed by atoms with Gasteiger partial charge in [0.1, 0.15) is 0 Å². The molecule has 0 saturated carbocycles. The molecule has 3 nitrogen and oxygen atoms in total. The normalized spacial score (nSPS) is 13.8. The van der Waals surface area contributed by atoms with Crippen LogP contribution in [0.1, 0.15) is 64.7 Å². The van der Waals surface area contributed by atoms with E-state index in [4.69, 9.17) is 5.11 Å². The molecule has 0 heterocycles. The lowest BCUT2D eigenvalue weighted by Gasteiger charge is -1.99. The topological polar surface area (TPSA) is 57.5 Å². The van der Waals surface area contributed by atoms with Crippen molar-refractivity contribution in [1.29, 1.82) is 0 Å². The van der Waals surface area contributed by atoms with Crippen LogP contribution in [0.4, 0.5) is 0 Å². The van der Waals surface area contributed by atoms with Gasteiger partial charge < -0.3 is 10.2 Å². The van der Waals surface area contributed by atoms with E-state index in [1.807, 2.05) is 36.5 Å². The average Bonchev–Trinajstić information content (AvgIpc) is 2.52. The van der Waals surface area contributed by atoms with E-state index < -0.39 is 12.1 Å². The van der Waals surface area contributed by atoms with Crippen LogP contribution in [-0.2, 0) is 4.79 Å². The fourth-order valence-electron chi connectivity index (χ4n) is 1.96. The molecule has 130 valence electrons. The number of hydrogen-bond acceptors (Lipinski definition) is 2. The van der Waals surface area contributed by atoms with Gasteiger partial charge in [0.05, 0.1) is 6.10 Å². The Balaban J connectivity index is 3.62. The van der Waals surface area contributed by atoms with E-state index in [0.717, 1.165) is 19.3 Å².